The Balaban J connectivity index is 2.11. The van der Waals surface area contributed by atoms with Crippen molar-refractivity contribution in [3.8, 4) is 5.75 Å². The summed E-state index contributed by atoms with van der Waals surface area (Å²) in [5.74, 6) is 0.205. The maximum absolute atomic E-state index is 12.3. The third-order valence-corrected chi connectivity index (χ3v) is 3.50. The SMILES string of the molecule is COc1ccccc1C(=O)NC(=S)Nc1c(C)cccc1C. The van der Waals surface area contributed by atoms with E-state index in [2.05, 4.69) is 10.6 Å². The minimum atomic E-state index is -0.304. The minimum absolute atomic E-state index is 0.258. The van der Waals surface area contributed by atoms with Crippen LogP contribution in [0.3, 0.4) is 0 Å². The van der Waals surface area contributed by atoms with Gasteiger partial charge in [-0.3, -0.25) is 10.1 Å². The van der Waals surface area contributed by atoms with Crippen molar-refractivity contribution in [2.45, 2.75) is 13.8 Å². The van der Waals surface area contributed by atoms with E-state index in [9.17, 15) is 4.79 Å². The lowest BCUT2D eigenvalue weighted by molar-refractivity contribution is 0.0975. The van der Waals surface area contributed by atoms with Crippen molar-refractivity contribution >= 4 is 28.9 Å². The van der Waals surface area contributed by atoms with Gasteiger partial charge in [0.15, 0.2) is 5.11 Å². The predicted octanol–water partition coefficient (Wildman–Crippen LogP) is 3.44. The molecule has 0 heterocycles. The first-order valence-electron chi connectivity index (χ1n) is 6.84. The smallest absolute Gasteiger partial charge is 0.261 e. The molecule has 0 spiro atoms. The summed E-state index contributed by atoms with van der Waals surface area (Å²) in [6.07, 6.45) is 0. The third-order valence-electron chi connectivity index (χ3n) is 3.30. The molecule has 1 amide bonds. The van der Waals surface area contributed by atoms with Gasteiger partial charge in [0.2, 0.25) is 0 Å². The molecule has 0 radical (unpaired) electrons. The van der Waals surface area contributed by atoms with Gasteiger partial charge in [0, 0.05) is 5.69 Å². The molecule has 2 aromatic carbocycles. The lowest BCUT2D eigenvalue weighted by atomic mass is 10.1. The van der Waals surface area contributed by atoms with E-state index in [1.807, 2.05) is 38.1 Å². The fourth-order valence-corrected chi connectivity index (χ4v) is 2.35. The number of carbonyl (C=O) groups is 1. The van der Waals surface area contributed by atoms with Crippen LogP contribution in [0.15, 0.2) is 42.5 Å². The molecule has 4 nitrogen and oxygen atoms in total. The van der Waals surface area contributed by atoms with Gasteiger partial charge in [-0.05, 0) is 49.3 Å². The molecule has 5 heteroatoms. The molecule has 2 rings (SSSR count). The molecule has 0 fully saturated rings. The number of methoxy groups -OCH3 is 1. The van der Waals surface area contributed by atoms with Gasteiger partial charge in [0.05, 0.1) is 12.7 Å². The summed E-state index contributed by atoms with van der Waals surface area (Å²) < 4.78 is 5.18. The highest BCUT2D eigenvalue weighted by atomic mass is 32.1. The Morgan fingerprint density at radius 3 is 2.32 bits per heavy atom. The van der Waals surface area contributed by atoms with Crippen LogP contribution in [-0.2, 0) is 0 Å². The Labute approximate surface area is 135 Å². The zero-order chi connectivity index (χ0) is 16.1. The van der Waals surface area contributed by atoms with Gasteiger partial charge in [-0.15, -0.1) is 0 Å². The number of nitrogens with one attached hydrogen (secondary N) is 2. The number of carbonyl (C=O) groups excluding carboxylic acids is 1. The normalized spacial score (nSPS) is 9.95. The molecule has 0 aliphatic heterocycles. The summed E-state index contributed by atoms with van der Waals surface area (Å²) in [6.45, 7) is 3.97. The Hall–Kier alpha value is -2.40. The number of thiocarbonyl (C=S) groups is 1. The highest BCUT2D eigenvalue weighted by molar-refractivity contribution is 7.80. The Morgan fingerprint density at radius 1 is 1.05 bits per heavy atom. The number of ether oxygens (including phenoxy) is 1. The van der Waals surface area contributed by atoms with Crippen LogP contribution in [0.4, 0.5) is 5.69 Å². The van der Waals surface area contributed by atoms with Crippen molar-refractivity contribution in [3.05, 3.63) is 59.2 Å². The molecule has 0 aliphatic rings. The maximum atomic E-state index is 12.3. The van der Waals surface area contributed by atoms with E-state index in [0.29, 0.717) is 11.3 Å². The highest BCUT2D eigenvalue weighted by Gasteiger charge is 2.13. The number of hydrogen-bond donors (Lipinski definition) is 2. The van der Waals surface area contributed by atoms with Crippen molar-refractivity contribution in [2.24, 2.45) is 0 Å². The number of benzene rings is 2. The van der Waals surface area contributed by atoms with Crippen LogP contribution < -0.4 is 15.4 Å². The lowest BCUT2D eigenvalue weighted by Gasteiger charge is -2.14. The summed E-state index contributed by atoms with van der Waals surface area (Å²) in [5, 5.41) is 6.01. The Morgan fingerprint density at radius 2 is 1.68 bits per heavy atom. The fourth-order valence-electron chi connectivity index (χ4n) is 2.16. The standard InChI is InChI=1S/C17H18N2O2S/c1-11-7-6-8-12(2)15(11)18-17(22)19-16(20)13-9-4-5-10-14(13)21-3/h4-10H,1-3H3,(H2,18,19,20,22). The van der Waals surface area contributed by atoms with Crippen LogP contribution in [0.2, 0.25) is 0 Å². The first-order chi connectivity index (χ1) is 10.5. The van der Waals surface area contributed by atoms with Crippen molar-refractivity contribution < 1.29 is 9.53 Å². The number of hydrogen-bond acceptors (Lipinski definition) is 3. The fraction of sp³-hybridized carbons (Fsp3) is 0.176. The van der Waals surface area contributed by atoms with Gasteiger partial charge in [0.1, 0.15) is 5.75 Å². The first-order valence-corrected chi connectivity index (χ1v) is 7.25. The van der Waals surface area contributed by atoms with Crippen LogP contribution in [0.1, 0.15) is 21.5 Å². The van der Waals surface area contributed by atoms with E-state index in [0.717, 1.165) is 16.8 Å². The summed E-state index contributed by atoms with van der Waals surface area (Å²) in [6, 6.07) is 13.0. The summed E-state index contributed by atoms with van der Waals surface area (Å²) in [5.41, 5.74) is 3.48. The second-order valence-corrected chi connectivity index (χ2v) is 5.28. The second-order valence-electron chi connectivity index (χ2n) is 4.88. The van der Waals surface area contributed by atoms with Gasteiger partial charge in [-0.1, -0.05) is 30.3 Å². The molecular formula is C17H18N2O2S. The van der Waals surface area contributed by atoms with Crippen molar-refractivity contribution in [1.82, 2.24) is 5.32 Å². The Bertz CT molecular complexity index is 693. The van der Waals surface area contributed by atoms with E-state index in [4.69, 9.17) is 17.0 Å². The number of amides is 1. The molecule has 0 bridgehead atoms. The molecular weight excluding hydrogens is 296 g/mol. The molecule has 2 N–H and O–H groups in total. The van der Waals surface area contributed by atoms with Gasteiger partial charge >= 0.3 is 0 Å². The van der Waals surface area contributed by atoms with E-state index in [1.165, 1.54) is 7.11 Å². The van der Waals surface area contributed by atoms with Crippen molar-refractivity contribution in [3.63, 3.8) is 0 Å². The Kier molecular flexibility index (Phi) is 5.12. The number of para-hydroxylation sites is 2. The zero-order valence-corrected chi connectivity index (χ0v) is 13.6. The average molecular weight is 314 g/mol. The van der Waals surface area contributed by atoms with E-state index >= 15 is 0 Å². The quantitative estimate of drug-likeness (QED) is 0.852. The lowest BCUT2D eigenvalue weighted by Crippen LogP contribution is -2.34. The predicted molar refractivity (Wildman–Crippen MR) is 92.6 cm³/mol. The van der Waals surface area contributed by atoms with Gasteiger partial charge in [-0.25, -0.2) is 0 Å². The van der Waals surface area contributed by atoms with Crippen LogP contribution in [-0.4, -0.2) is 18.1 Å². The van der Waals surface area contributed by atoms with Crippen LogP contribution >= 0.6 is 12.2 Å². The van der Waals surface area contributed by atoms with Crippen molar-refractivity contribution in [2.75, 3.05) is 12.4 Å². The molecule has 0 aromatic heterocycles. The number of aryl methyl sites for hydroxylation is 2. The van der Waals surface area contributed by atoms with Gasteiger partial charge in [0.25, 0.3) is 5.91 Å². The largest absolute Gasteiger partial charge is 0.496 e. The van der Waals surface area contributed by atoms with Crippen molar-refractivity contribution in [1.29, 1.82) is 0 Å². The van der Waals surface area contributed by atoms with E-state index in [-0.39, 0.29) is 11.0 Å². The first kappa shape index (κ1) is 16.0. The molecule has 0 unspecified atom stereocenters. The highest BCUT2D eigenvalue weighted by Crippen LogP contribution is 2.20. The summed E-state index contributed by atoms with van der Waals surface area (Å²) in [7, 11) is 1.53. The molecule has 0 atom stereocenters. The van der Waals surface area contributed by atoms with Crippen LogP contribution in [0, 0.1) is 13.8 Å². The minimum Gasteiger partial charge on any atom is -0.496 e. The maximum Gasteiger partial charge on any atom is 0.261 e. The number of rotatable bonds is 3. The molecule has 22 heavy (non-hydrogen) atoms. The molecule has 114 valence electrons. The van der Waals surface area contributed by atoms with Gasteiger partial charge in [-0.2, -0.15) is 0 Å². The molecule has 0 aliphatic carbocycles. The average Bonchev–Trinajstić information content (AvgIpc) is 2.51. The molecule has 0 saturated carbocycles. The van der Waals surface area contributed by atoms with E-state index < -0.39 is 0 Å². The third kappa shape index (κ3) is 3.62. The second kappa shape index (κ2) is 7.04. The molecule has 0 saturated heterocycles. The van der Waals surface area contributed by atoms with Crippen LogP contribution in [0.5, 0.6) is 5.75 Å². The number of anilines is 1. The summed E-state index contributed by atoms with van der Waals surface area (Å²) in [4.78, 5) is 12.3. The monoisotopic (exact) mass is 314 g/mol. The molecule has 2 aromatic rings. The van der Waals surface area contributed by atoms with Gasteiger partial charge < -0.3 is 10.1 Å². The van der Waals surface area contributed by atoms with Crippen LogP contribution in [0.25, 0.3) is 0 Å². The summed E-state index contributed by atoms with van der Waals surface area (Å²) >= 11 is 5.23. The zero-order valence-electron chi connectivity index (χ0n) is 12.8. The topological polar surface area (TPSA) is 50.4 Å². The van der Waals surface area contributed by atoms with E-state index in [1.54, 1.807) is 18.2 Å².